The second-order valence-electron chi connectivity index (χ2n) is 8.76. The Balaban J connectivity index is 1.33. The van der Waals surface area contributed by atoms with Crippen LogP contribution in [0, 0.1) is 5.92 Å². The molecule has 0 bridgehead atoms. The number of nitrogens with zero attached hydrogens (tertiary/aromatic N) is 2. The number of urea groups is 1. The van der Waals surface area contributed by atoms with E-state index >= 15 is 0 Å². The summed E-state index contributed by atoms with van der Waals surface area (Å²) in [5.74, 6) is -1.89. The number of ketones is 1. The van der Waals surface area contributed by atoms with Gasteiger partial charge in [-0.3, -0.25) is 14.9 Å². The van der Waals surface area contributed by atoms with E-state index in [2.05, 4.69) is 20.6 Å². The molecule has 3 N–H and O–H groups in total. The molecule has 0 aliphatic rings. The Labute approximate surface area is 235 Å². The summed E-state index contributed by atoms with van der Waals surface area (Å²) in [5, 5.41) is 15.5. The standard InChI is InChI=1S/C29H24Cl2N4O4/c30-23-12-13-25(24(31)15-23)34-29(39)35-28-32-16-22(17-33-28)19-8-10-20(11-9-19)26(36)14-21(27(37)38)7-6-18-4-2-1-3-5-18/h1-5,8-13,15-17,21H,6-7,14H2,(H,37,38)(H2,32,33,34,35,39). The molecule has 4 aromatic rings. The first-order chi connectivity index (χ1) is 18.8. The minimum Gasteiger partial charge on any atom is -0.481 e. The monoisotopic (exact) mass is 562 g/mol. The number of Topliss-reactive ketones (excluding diaryl/α,β-unsaturated/α-hetero) is 1. The number of benzene rings is 3. The summed E-state index contributed by atoms with van der Waals surface area (Å²) in [5.41, 5.74) is 3.29. The molecule has 198 valence electrons. The number of aliphatic carboxylic acids is 1. The molecule has 1 unspecified atom stereocenters. The Morgan fingerprint density at radius 2 is 1.54 bits per heavy atom. The minimum atomic E-state index is -0.980. The maximum absolute atomic E-state index is 12.8. The molecule has 0 aliphatic carbocycles. The minimum absolute atomic E-state index is 0.0751. The summed E-state index contributed by atoms with van der Waals surface area (Å²) >= 11 is 11.9. The highest BCUT2D eigenvalue weighted by Crippen LogP contribution is 2.26. The second-order valence-corrected chi connectivity index (χ2v) is 9.61. The van der Waals surface area contributed by atoms with Crippen LogP contribution in [0.4, 0.5) is 16.4 Å². The first kappa shape index (κ1) is 27.8. The number of carboxylic acid groups (broad SMARTS) is 1. The second kappa shape index (κ2) is 13.0. The van der Waals surface area contributed by atoms with Crippen molar-refractivity contribution in [1.29, 1.82) is 0 Å². The number of aromatic nitrogens is 2. The van der Waals surface area contributed by atoms with E-state index in [9.17, 15) is 19.5 Å². The molecule has 1 atom stereocenters. The van der Waals surface area contributed by atoms with Gasteiger partial charge in [0.15, 0.2) is 5.78 Å². The number of rotatable bonds is 10. The molecule has 0 aliphatic heterocycles. The summed E-state index contributed by atoms with van der Waals surface area (Å²) < 4.78 is 0. The van der Waals surface area contributed by atoms with Gasteiger partial charge in [-0.25, -0.2) is 14.8 Å². The number of carbonyl (C=O) groups excluding carboxylic acids is 2. The lowest BCUT2D eigenvalue weighted by atomic mass is 9.92. The Kier molecular flexibility index (Phi) is 9.25. The lowest BCUT2D eigenvalue weighted by Gasteiger charge is -2.12. The normalized spacial score (nSPS) is 11.4. The first-order valence-electron chi connectivity index (χ1n) is 12.0. The van der Waals surface area contributed by atoms with Gasteiger partial charge < -0.3 is 10.4 Å². The van der Waals surface area contributed by atoms with Crippen LogP contribution in [-0.2, 0) is 11.2 Å². The van der Waals surface area contributed by atoms with Crippen molar-refractivity contribution in [3.05, 3.63) is 106 Å². The Morgan fingerprint density at radius 1 is 0.846 bits per heavy atom. The van der Waals surface area contributed by atoms with Crippen LogP contribution in [0.3, 0.4) is 0 Å². The Morgan fingerprint density at radius 3 is 2.18 bits per heavy atom. The number of hydrogen-bond acceptors (Lipinski definition) is 5. The van der Waals surface area contributed by atoms with Gasteiger partial charge in [-0.05, 0) is 42.2 Å². The fraction of sp³-hybridized carbons (Fsp3) is 0.138. The number of halogens is 2. The molecule has 0 fully saturated rings. The summed E-state index contributed by atoms with van der Waals surface area (Å²) in [6.45, 7) is 0. The van der Waals surface area contributed by atoms with E-state index in [1.165, 1.54) is 6.07 Å². The van der Waals surface area contributed by atoms with Crippen LogP contribution in [0.15, 0.2) is 85.2 Å². The molecule has 0 radical (unpaired) electrons. The maximum atomic E-state index is 12.8. The van der Waals surface area contributed by atoms with Crippen molar-refractivity contribution in [1.82, 2.24) is 9.97 Å². The Bertz CT molecular complexity index is 1460. The first-order valence-corrected chi connectivity index (χ1v) is 12.8. The van der Waals surface area contributed by atoms with E-state index in [0.29, 0.717) is 39.7 Å². The van der Waals surface area contributed by atoms with Crippen molar-refractivity contribution in [3.63, 3.8) is 0 Å². The predicted octanol–water partition coefficient (Wildman–Crippen LogP) is 7.00. The maximum Gasteiger partial charge on any atom is 0.326 e. The molecular formula is C29H24Cl2N4O4. The topological polar surface area (TPSA) is 121 Å². The third-order valence-corrected chi connectivity index (χ3v) is 6.55. The van der Waals surface area contributed by atoms with E-state index in [1.54, 1.807) is 48.8 Å². The average molecular weight is 563 g/mol. The Hall–Kier alpha value is -4.27. The van der Waals surface area contributed by atoms with Crippen LogP contribution < -0.4 is 10.6 Å². The van der Waals surface area contributed by atoms with Crippen molar-refractivity contribution in [2.45, 2.75) is 19.3 Å². The van der Waals surface area contributed by atoms with Gasteiger partial charge in [0.2, 0.25) is 5.95 Å². The molecule has 3 aromatic carbocycles. The number of aryl methyl sites for hydroxylation is 1. The van der Waals surface area contributed by atoms with Crippen LogP contribution in [0.5, 0.6) is 0 Å². The molecule has 2 amide bonds. The van der Waals surface area contributed by atoms with Gasteiger partial charge in [0.05, 0.1) is 16.6 Å². The van der Waals surface area contributed by atoms with Crippen molar-refractivity contribution in [2.75, 3.05) is 10.6 Å². The van der Waals surface area contributed by atoms with E-state index in [1.807, 2.05) is 30.3 Å². The summed E-state index contributed by atoms with van der Waals surface area (Å²) in [4.78, 5) is 45.1. The SMILES string of the molecule is O=C(Nc1ncc(-c2ccc(C(=O)CC(CCc3ccccc3)C(=O)O)cc2)cn1)Nc1ccc(Cl)cc1Cl. The zero-order chi connectivity index (χ0) is 27.8. The van der Waals surface area contributed by atoms with E-state index in [4.69, 9.17) is 23.2 Å². The molecule has 0 saturated heterocycles. The number of carboxylic acids is 1. The zero-order valence-corrected chi connectivity index (χ0v) is 22.1. The number of carbonyl (C=O) groups is 3. The molecule has 39 heavy (non-hydrogen) atoms. The third kappa shape index (κ3) is 7.86. The number of nitrogens with one attached hydrogen (secondary N) is 2. The van der Waals surface area contributed by atoms with Crippen LogP contribution >= 0.6 is 23.2 Å². The van der Waals surface area contributed by atoms with Gasteiger partial charge >= 0.3 is 12.0 Å². The van der Waals surface area contributed by atoms with Crippen LogP contribution in [0.2, 0.25) is 10.0 Å². The highest BCUT2D eigenvalue weighted by atomic mass is 35.5. The number of amides is 2. The average Bonchev–Trinajstić information content (AvgIpc) is 2.93. The largest absolute Gasteiger partial charge is 0.481 e. The molecule has 10 heteroatoms. The lowest BCUT2D eigenvalue weighted by molar-refractivity contribution is -0.141. The molecule has 1 heterocycles. The van der Waals surface area contributed by atoms with Crippen molar-refractivity contribution in [2.24, 2.45) is 5.92 Å². The number of anilines is 2. The van der Waals surface area contributed by atoms with Gasteiger partial charge in [-0.15, -0.1) is 0 Å². The summed E-state index contributed by atoms with van der Waals surface area (Å²) in [6, 6.07) is 20.5. The van der Waals surface area contributed by atoms with Crippen molar-refractivity contribution in [3.8, 4) is 11.1 Å². The highest BCUT2D eigenvalue weighted by Gasteiger charge is 2.22. The predicted molar refractivity (Wildman–Crippen MR) is 151 cm³/mol. The lowest BCUT2D eigenvalue weighted by Crippen LogP contribution is -2.21. The molecular weight excluding hydrogens is 539 g/mol. The quantitative estimate of drug-likeness (QED) is 0.179. The van der Waals surface area contributed by atoms with Crippen molar-refractivity contribution >= 4 is 52.6 Å². The van der Waals surface area contributed by atoms with Crippen LogP contribution in [0.1, 0.15) is 28.8 Å². The molecule has 0 saturated carbocycles. The van der Waals surface area contributed by atoms with Crippen molar-refractivity contribution < 1.29 is 19.5 Å². The van der Waals surface area contributed by atoms with Crippen LogP contribution in [0.25, 0.3) is 11.1 Å². The number of hydrogen-bond donors (Lipinski definition) is 3. The van der Waals surface area contributed by atoms with E-state index < -0.39 is 17.9 Å². The van der Waals surface area contributed by atoms with Gasteiger partial charge in [-0.1, -0.05) is 77.8 Å². The molecule has 8 nitrogen and oxygen atoms in total. The molecule has 4 rings (SSSR count). The molecule has 0 spiro atoms. The van der Waals surface area contributed by atoms with Gasteiger partial charge in [0.1, 0.15) is 0 Å². The molecule has 1 aromatic heterocycles. The smallest absolute Gasteiger partial charge is 0.326 e. The van der Waals surface area contributed by atoms with Gasteiger partial charge in [0.25, 0.3) is 0 Å². The van der Waals surface area contributed by atoms with Gasteiger partial charge in [-0.2, -0.15) is 0 Å². The zero-order valence-electron chi connectivity index (χ0n) is 20.6. The summed E-state index contributed by atoms with van der Waals surface area (Å²) in [6.07, 6.45) is 3.98. The highest BCUT2D eigenvalue weighted by molar-refractivity contribution is 6.36. The van der Waals surface area contributed by atoms with Crippen LogP contribution in [-0.4, -0.2) is 32.9 Å². The summed E-state index contributed by atoms with van der Waals surface area (Å²) in [7, 11) is 0. The van der Waals surface area contributed by atoms with E-state index in [0.717, 1.165) is 11.1 Å². The third-order valence-electron chi connectivity index (χ3n) is 6.00. The van der Waals surface area contributed by atoms with E-state index in [-0.39, 0.29) is 18.2 Å². The fourth-order valence-electron chi connectivity index (χ4n) is 3.88. The van der Waals surface area contributed by atoms with Gasteiger partial charge in [0, 0.05) is 35.0 Å². The fourth-order valence-corrected chi connectivity index (χ4v) is 4.33.